The number of allylic oxidation sites excluding steroid dienone is 2. The Balaban J connectivity index is 1.58. The molecule has 0 bridgehead atoms. The van der Waals surface area contributed by atoms with Gasteiger partial charge in [0.1, 0.15) is 0 Å². The summed E-state index contributed by atoms with van der Waals surface area (Å²) >= 11 is -4.83. The predicted molar refractivity (Wildman–Crippen MR) is 204 cm³/mol. The van der Waals surface area contributed by atoms with Crippen LogP contribution in [0.4, 0.5) is 0 Å². The van der Waals surface area contributed by atoms with E-state index >= 15 is 0 Å². The van der Waals surface area contributed by atoms with E-state index in [0.717, 1.165) is 12.8 Å². The Bertz CT molecular complexity index is 1620. The Morgan fingerprint density at radius 1 is 0.543 bits per heavy atom. The van der Waals surface area contributed by atoms with E-state index in [4.69, 9.17) is 17.0 Å². The molecule has 0 fully saturated rings. The zero-order valence-electron chi connectivity index (χ0n) is 28.0. The molecule has 239 valence electrons. The molecule has 6 rings (SSSR count). The molecule has 2 atom stereocenters. The molecule has 0 radical (unpaired) electrons. The molecule has 2 unspecified atom stereocenters. The van der Waals surface area contributed by atoms with E-state index in [1.165, 1.54) is 94.2 Å². The van der Waals surface area contributed by atoms with Gasteiger partial charge < -0.3 is 0 Å². The molecule has 0 nitrogen and oxygen atoms in total. The Hall–Kier alpha value is -1.96. The first-order valence-corrected chi connectivity index (χ1v) is 34.0. The second kappa shape index (κ2) is 14.3. The summed E-state index contributed by atoms with van der Waals surface area (Å²) in [5, 5.41) is 0. The first-order chi connectivity index (χ1) is 22.3. The molecule has 0 aliphatic heterocycles. The number of hydrogen-bond donors (Lipinski definition) is 0. The van der Waals surface area contributed by atoms with Crippen molar-refractivity contribution < 1.29 is 15.6 Å². The van der Waals surface area contributed by atoms with Crippen LogP contribution < -0.4 is 0 Å². The average Bonchev–Trinajstić information content (AvgIpc) is 3.65. The fourth-order valence-corrected chi connectivity index (χ4v) is 39.9. The molecular formula is C42H49Cl2SiZr. The fourth-order valence-electron chi connectivity index (χ4n) is 8.39. The molecule has 0 spiro atoms. The first-order valence-electron chi connectivity index (χ1n) is 17.6. The minimum atomic E-state index is -4.83. The molecule has 4 aromatic rings. The van der Waals surface area contributed by atoms with E-state index in [0.29, 0.717) is 0 Å². The van der Waals surface area contributed by atoms with Crippen LogP contribution in [0.15, 0.2) is 108 Å². The fraction of sp³-hybridized carbons (Fsp3) is 0.333. The molecule has 2 aliphatic carbocycles. The van der Waals surface area contributed by atoms with E-state index < -0.39 is 21.5 Å². The van der Waals surface area contributed by atoms with Crippen LogP contribution in [0.3, 0.4) is 0 Å². The summed E-state index contributed by atoms with van der Waals surface area (Å²) in [5.41, 5.74) is 13.7. The predicted octanol–water partition coefficient (Wildman–Crippen LogP) is 13.7. The molecule has 0 aromatic heterocycles. The van der Waals surface area contributed by atoms with Crippen LogP contribution in [0, 0.1) is 0 Å². The second-order valence-corrected chi connectivity index (χ2v) is 56.5. The van der Waals surface area contributed by atoms with Crippen LogP contribution in [-0.2, 0) is 15.6 Å². The summed E-state index contributed by atoms with van der Waals surface area (Å²) < 4.78 is 0.274. The number of halogens is 2. The number of fused-ring (bicyclic) bond motifs is 2. The van der Waals surface area contributed by atoms with Gasteiger partial charge in [0, 0.05) is 0 Å². The van der Waals surface area contributed by atoms with Crippen LogP contribution in [0.25, 0.3) is 34.4 Å². The number of unbranched alkanes of at least 4 members (excludes halogenated alkanes) is 4. The van der Waals surface area contributed by atoms with Gasteiger partial charge in [-0.3, -0.25) is 0 Å². The SMILES string of the molecule is CCCCCC1=Cc2c(-c3ccccc3)cccc2[CH]1[Zr]([Cl])([Cl])([CH]1C(CCCCC)=Cc2c(-c3ccccc3)cccc21)[SiH](C)C. The van der Waals surface area contributed by atoms with Gasteiger partial charge in [0.2, 0.25) is 0 Å². The average molecular weight is 744 g/mol. The van der Waals surface area contributed by atoms with Crippen molar-refractivity contribution in [1.82, 2.24) is 0 Å². The first kappa shape index (κ1) is 33.9. The van der Waals surface area contributed by atoms with Crippen molar-refractivity contribution in [1.29, 1.82) is 0 Å². The summed E-state index contributed by atoms with van der Waals surface area (Å²) in [6, 6.07) is 35.6. The standard InChI is InChI=1S/2C20H21.C2H7Si.2ClH.Zr/c2*1-2-3-5-9-16-14-18-12-8-13-19(20(18)15-16)17-10-6-4-7-11-17;1-3-2;;;/h2*4,6-8,10-15H,2-3,5,9H2,1H3;3H,1-2H3;2*1H;/q;;;;;+2/p-2. The van der Waals surface area contributed by atoms with Gasteiger partial charge in [-0.2, -0.15) is 0 Å². The maximum absolute atomic E-state index is 8.76. The summed E-state index contributed by atoms with van der Waals surface area (Å²) in [6.07, 6.45) is 14.5. The van der Waals surface area contributed by atoms with Crippen molar-refractivity contribution in [3.8, 4) is 22.3 Å². The summed E-state index contributed by atoms with van der Waals surface area (Å²) in [5.74, 6) is -1.62. The van der Waals surface area contributed by atoms with Crippen molar-refractivity contribution in [2.75, 3.05) is 0 Å². The zero-order valence-corrected chi connectivity index (χ0v) is 33.2. The second-order valence-electron chi connectivity index (χ2n) is 13.9. The van der Waals surface area contributed by atoms with E-state index in [1.807, 2.05) is 0 Å². The number of benzene rings is 4. The third-order valence-corrected chi connectivity index (χ3v) is 62.7. The van der Waals surface area contributed by atoms with Gasteiger partial charge in [-0.1, -0.05) is 0 Å². The third kappa shape index (κ3) is 6.07. The molecule has 0 N–H and O–H groups in total. The van der Waals surface area contributed by atoms with Gasteiger partial charge in [0.25, 0.3) is 0 Å². The third-order valence-electron chi connectivity index (χ3n) is 10.8. The Morgan fingerprint density at radius 2 is 0.957 bits per heavy atom. The summed E-state index contributed by atoms with van der Waals surface area (Å²) in [4.78, 5) is 0. The molecule has 2 aliphatic rings. The molecule has 0 saturated heterocycles. The van der Waals surface area contributed by atoms with Crippen LogP contribution in [-0.4, -0.2) is 5.92 Å². The summed E-state index contributed by atoms with van der Waals surface area (Å²) in [7, 11) is 17.5. The van der Waals surface area contributed by atoms with Crippen molar-refractivity contribution >= 4 is 35.1 Å². The van der Waals surface area contributed by atoms with Crippen LogP contribution >= 0.6 is 17.0 Å². The van der Waals surface area contributed by atoms with Gasteiger partial charge in [-0.15, -0.1) is 0 Å². The van der Waals surface area contributed by atoms with Gasteiger partial charge >= 0.3 is 289 Å². The Kier molecular flexibility index (Phi) is 10.5. The molecule has 4 heteroatoms. The van der Waals surface area contributed by atoms with Crippen LogP contribution in [0.2, 0.25) is 13.1 Å². The van der Waals surface area contributed by atoms with Crippen LogP contribution in [0.1, 0.15) is 94.7 Å². The quantitative estimate of drug-likeness (QED) is 0.0945. The van der Waals surface area contributed by atoms with E-state index in [-0.39, 0.29) is 7.25 Å². The molecule has 0 amide bonds. The van der Waals surface area contributed by atoms with Gasteiger partial charge in [-0.05, 0) is 0 Å². The summed E-state index contributed by atoms with van der Waals surface area (Å²) in [6.45, 7) is 9.56. The number of rotatable bonds is 13. The molecule has 46 heavy (non-hydrogen) atoms. The zero-order chi connectivity index (χ0) is 32.3. The van der Waals surface area contributed by atoms with Gasteiger partial charge in [0.15, 0.2) is 0 Å². The minimum absolute atomic E-state index is 0.137. The van der Waals surface area contributed by atoms with Gasteiger partial charge in [-0.25, -0.2) is 0 Å². The normalized spacial score (nSPS) is 18.1. The maximum atomic E-state index is 8.76. The number of hydrogen-bond acceptors (Lipinski definition) is 0. The van der Waals surface area contributed by atoms with E-state index in [2.05, 4.69) is 136 Å². The molecule has 0 heterocycles. The van der Waals surface area contributed by atoms with Crippen LogP contribution in [0.5, 0.6) is 0 Å². The van der Waals surface area contributed by atoms with Crippen molar-refractivity contribution in [3.05, 3.63) is 130 Å². The van der Waals surface area contributed by atoms with Crippen molar-refractivity contribution in [2.24, 2.45) is 0 Å². The topological polar surface area (TPSA) is 0 Å². The van der Waals surface area contributed by atoms with E-state index in [1.54, 1.807) is 0 Å². The van der Waals surface area contributed by atoms with Crippen molar-refractivity contribution in [3.63, 3.8) is 0 Å². The van der Waals surface area contributed by atoms with E-state index in [9.17, 15) is 0 Å². The molecule has 0 saturated carbocycles. The monoisotopic (exact) mass is 741 g/mol. The Morgan fingerprint density at radius 3 is 1.33 bits per heavy atom. The Labute approximate surface area is 286 Å². The molecular weight excluding hydrogens is 695 g/mol. The molecule has 4 aromatic carbocycles. The van der Waals surface area contributed by atoms with Crippen molar-refractivity contribution in [2.45, 2.75) is 85.6 Å². The van der Waals surface area contributed by atoms with Gasteiger partial charge in [0.05, 0.1) is 0 Å².